The molecule has 1 saturated carbocycles. The number of phenols is 1. The molecule has 0 aliphatic heterocycles. The highest BCUT2D eigenvalue weighted by Crippen LogP contribution is 2.31. The fourth-order valence-corrected chi connectivity index (χ4v) is 3.34. The largest absolute Gasteiger partial charge is 0.508 e. The molecule has 0 spiro atoms. The quantitative estimate of drug-likeness (QED) is 0.748. The Kier molecular flexibility index (Phi) is 5.86. The highest BCUT2D eigenvalue weighted by molar-refractivity contribution is 5.34. The van der Waals surface area contributed by atoms with Crippen molar-refractivity contribution in [2.45, 2.75) is 45.1 Å². The SMILES string of the molecule is CCC(NCC1CCCCC1CO)c1ccccc1O. The van der Waals surface area contributed by atoms with Crippen LogP contribution in [0.5, 0.6) is 5.75 Å². The molecule has 0 amide bonds. The van der Waals surface area contributed by atoms with Crippen molar-refractivity contribution in [2.24, 2.45) is 11.8 Å². The molecule has 20 heavy (non-hydrogen) atoms. The van der Waals surface area contributed by atoms with E-state index in [9.17, 15) is 10.2 Å². The average Bonchev–Trinajstić information content (AvgIpc) is 2.50. The van der Waals surface area contributed by atoms with Crippen molar-refractivity contribution >= 4 is 0 Å². The van der Waals surface area contributed by atoms with Crippen molar-refractivity contribution in [3.8, 4) is 5.75 Å². The lowest BCUT2D eigenvalue weighted by atomic mass is 9.79. The molecule has 1 aromatic rings. The number of aliphatic hydroxyl groups excluding tert-OH is 1. The second-order valence-corrected chi connectivity index (χ2v) is 5.92. The van der Waals surface area contributed by atoms with Crippen LogP contribution in [0.25, 0.3) is 0 Å². The van der Waals surface area contributed by atoms with E-state index in [2.05, 4.69) is 12.2 Å². The van der Waals surface area contributed by atoms with E-state index in [-0.39, 0.29) is 6.04 Å². The summed E-state index contributed by atoms with van der Waals surface area (Å²) < 4.78 is 0. The van der Waals surface area contributed by atoms with Crippen LogP contribution < -0.4 is 5.32 Å². The number of nitrogens with one attached hydrogen (secondary N) is 1. The van der Waals surface area contributed by atoms with Crippen LogP contribution in [0.3, 0.4) is 0 Å². The van der Waals surface area contributed by atoms with Crippen LogP contribution in [0.2, 0.25) is 0 Å². The van der Waals surface area contributed by atoms with Gasteiger partial charge in [-0.3, -0.25) is 0 Å². The smallest absolute Gasteiger partial charge is 0.120 e. The molecular formula is C17H27NO2. The van der Waals surface area contributed by atoms with Gasteiger partial charge in [-0.1, -0.05) is 38.0 Å². The molecule has 0 radical (unpaired) electrons. The van der Waals surface area contributed by atoms with Crippen LogP contribution in [0.4, 0.5) is 0 Å². The van der Waals surface area contributed by atoms with Gasteiger partial charge in [-0.2, -0.15) is 0 Å². The highest BCUT2D eigenvalue weighted by atomic mass is 16.3. The number of phenolic OH excluding ortho intramolecular Hbond substituents is 1. The molecule has 0 heterocycles. The Bertz CT molecular complexity index is 408. The van der Waals surface area contributed by atoms with E-state index in [0.29, 0.717) is 24.2 Å². The van der Waals surface area contributed by atoms with Crippen LogP contribution in [0.15, 0.2) is 24.3 Å². The topological polar surface area (TPSA) is 52.5 Å². The van der Waals surface area contributed by atoms with E-state index in [1.807, 2.05) is 18.2 Å². The van der Waals surface area contributed by atoms with Gasteiger partial charge in [-0.05, 0) is 43.7 Å². The summed E-state index contributed by atoms with van der Waals surface area (Å²) in [7, 11) is 0. The van der Waals surface area contributed by atoms with Gasteiger partial charge in [0.1, 0.15) is 5.75 Å². The Morgan fingerprint density at radius 1 is 1.20 bits per heavy atom. The molecule has 3 atom stereocenters. The summed E-state index contributed by atoms with van der Waals surface area (Å²) in [5, 5.41) is 23.0. The van der Waals surface area contributed by atoms with E-state index in [4.69, 9.17) is 0 Å². The maximum atomic E-state index is 9.97. The van der Waals surface area contributed by atoms with Crippen LogP contribution in [-0.4, -0.2) is 23.4 Å². The number of hydrogen-bond donors (Lipinski definition) is 3. The summed E-state index contributed by atoms with van der Waals surface area (Å²) in [5.41, 5.74) is 0.978. The van der Waals surface area contributed by atoms with Crippen LogP contribution in [0.1, 0.15) is 50.6 Å². The number of aliphatic hydroxyl groups is 1. The minimum absolute atomic E-state index is 0.192. The van der Waals surface area contributed by atoms with Crippen LogP contribution in [-0.2, 0) is 0 Å². The maximum Gasteiger partial charge on any atom is 0.120 e. The van der Waals surface area contributed by atoms with E-state index >= 15 is 0 Å². The molecule has 3 unspecified atom stereocenters. The molecule has 0 bridgehead atoms. The number of benzene rings is 1. The first-order valence-electron chi connectivity index (χ1n) is 7.88. The maximum absolute atomic E-state index is 9.97. The van der Waals surface area contributed by atoms with E-state index < -0.39 is 0 Å². The van der Waals surface area contributed by atoms with E-state index in [1.165, 1.54) is 19.3 Å². The van der Waals surface area contributed by atoms with E-state index in [1.54, 1.807) is 6.07 Å². The molecule has 3 nitrogen and oxygen atoms in total. The summed E-state index contributed by atoms with van der Waals surface area (Å²) in [6.45, 7) is 3.37. The van der Waals surface area contributed by atoms with Crippen molar-refractivity contribution in [2.75, 3.05) is 13.2 Å². The summed E-state index contributed by atoms with van der Waals surface area (Å²) in [6, 6.07) is 7.75. The lowest BCUT2D eigenvalue weighted by Gasteiger charge is -2.32. The third kappa shape index (κ3) is 3.74. The summed E-state index contributed by atoms with van der Waals surface area (Å²) in [5.74, 6) is 1.38. The molecule has 112 valence electrons. The Morgan fingerprint density at radius 3 is 2.55 bits per heavy atom. The normalized spacial score (nSPS) is 24.5. The highest BCUT2D eigenvalue weighted by Gasteiger charge is 2.25. The summed E-state index contributed by atoms with van der Waals surface area (Å²) >= 11 is 0. The Balaban J connectivity index is 1.95. The van der Waals surface area contributed by atoms with Crippen LogP contribution in [0, 0.1) is 11.8 Å². The first-order valence-corrected chi connectivity index (χ1v) is 7.88. The van der Waals surface area contributed by atoms with Crippen molar-refractivity contribution in [1.82, 2.24) is 5.32 Å². The minimum Gasteiger partial charge on any atom is -0.508 e. The fourth-order valence-electron chi connectivity index (χ4n) is 3.34. The van der Waals surface area contributed by atoms with Crippen molar-refractivity contribution < 1.29 is 10.2 Å². The zero-order valence-electron chi connectivity index (χ0n) is 12.4. The predicted octanol–water partition coefficient (Wildman–Crippen LogP) is 3.23. The van der Waals surface area contributed by atoms with Crippen LogP contribution >= 0.6 is 0 Å². The number of aromatic hydroxyl groups is 1. The predicted molar refractivity (Wildman–Crippen MR) is 81.7 cm³/mol. The minimum atomic E-state index is 0.192. The lowest BCUT2D eigenvalue weighted by molar-refractivity contribution is 0.130. The third-order valence-corrected chi connectivity index (χ3v) is 4.65. The Morgan fingerprint density at radius 2 is 1.90 bits per heavy atom. The molecular weight excluding hydrogens is 250 g/mol. The first-order chi connectivity index (χ1) is 9.76. The molecule has 0 aromatic heterocycles. The van der Waals surface area contributed by atoms with Gasteiger partial charge in [0.15, 0.2) is 0 Å². The molecule has 1 aliphatic rings. The Hall–Kier alpha value is -1.06. The standard InChI is InChI=1S/C17H27NO2/c1-2-16(15-9-5-6-10-17(15)20)18-11-13-7-3-4-8-14(13)12-19/h5-6,9-10,13-14,16,18-20H,2-4,7-8,11-12H2,1H3. The van der Waals surface area contributed by atoms with Gasteiger partial charge in [0.05, 0.1) is 0 Å². The zero-order valence-corrected chi connectivity index (χ0v) is 12.4. The van der Waals surface area contributed by atoms with Gasteiger partial charge >= 0.3 is 0 Å². The summed E-state index contributed by atoms with van der Waals surface area (Å²) in [6.07, 6.45) is 5.83. The fraction of sp³-hybridized carbons (Fsp3) is 0.647. The van der Waals surface area contributed by atoms with Gasteiger partial charge in [-0.25, -0.2) is 0 Å². The average molecular weight is 277 g/mol. The van der Waals surface area contributed by atoms with Crippen molar-refractivity contribution in [1.29, 1.82) is 0 Å². The monoisotopic (exact) mass is 277 g/mol. The molecule has 1 aliphatic carbocycles. The summed E-state index contributed by atoms with van der Waals surface area (Å²) in [4.78, 5) is 0. The van der Waals surface area contributed by atoms with Crippen molar-refractivity contribution in [3.63, 3.8) is 0 Å². The molecule has 0 saturated heterocycles. The molecule has 3 heteroatoms. The molecule has 2 rings (SSSR count). The van der Waals surface area contributed by atoms with Gasteiger partial charge < -0.3 is 15.5 Å². The second kappa shape index (κ2) is 7.65. The molecule has 1 fully saturated rings. The molecule has 3 N–H and O–H groups in total. The Labute approximate surface area is 122 Å². The zero-order chi connectivity index (χ0) is 14.4. The lowest BCUT2D eigenvalue weighted by Crippen LogP contribution is -2.34. The number of para-hydroxylation sites is 1. The van der Waals surface area contributed by atoms with Gasteiger partial charge in [0.25, 0.3) is 0 Å². The number of rotatable bonds is 6. The van der Waals surface area contributed by atoms with Gasteiger partial charge in [-0.15, -0.1) is 0 Å². The molecule has 1 aromatic carbocycles. The third-order valence-electron chi connectivity index (χ3n) is 4.65. The number of hydrogen-bond acceptors (Lipinski definition) is 3. The first kappa shape index (κ1) is 15.3. The van der Waals surface area contributed by atoms with Gasteiger partial charge in [0.2, 0.25) is 0 Å². The second-order valence-electron chi connectivity index (χ2n) is 5.92. The van der Waals surface area contributed by atoms with E-state index in [0.717, 1.165) is 24.9 Å². The van der Waals surface area contributed by atoms with Gasteiger partial charge in [0, 0.05) is 18.2 Å². The van der Waals surface area contributed by atoms with Crippen molar-refractivity contribution in [3.05, 3.63) is 29.8 Å².